The van der Waals surface area contributed by atoms with Gasteiger partial charge in [-0.15, -0.1) is 0 Å². The van der Waals surface area contributed by atoms with Crippen LogP contribution in [0.5, 0.6) is 0 Å². The van der Waals surface area contributed by atoms with E-state index in [1.165, 1.54) is 16.3 Å². The van der Waals surface area contributed by atoms with Crippen molar-refractivity contribution in [3.63, 3.8) is 0 Å². The Balaban J connectivity index is 1.98. The number of fused-ring (bicyclic) bond motifs is 1. The van der Waals surface area contributed by atoms with Crippen molar-refractivity contribution in [2.24, 2.45) is 0 Å². The normalized spacial score (nSPS) is 12.0. The molecular formula is C22H20O2. The third kappa shape index (κ3) is 2.54. The average molecular weight is 316 g/mol. The molecule has 4 aromatic rings. The molecule has 0 amide bonds. The van der Waals surface area contributed by atoms with Crippen LogP contribution in [-0.4, -0.2) is 0 Å². The van der Waals surface area contributed by atoms with E-state index in [0.29, 0.717) is 0 Å². The van der Waals surface area contributed by atoms with Crippen molar-refractivity contribution in [2.75, 3.05) is 0 Å². The number of hydrogen-bond donors (Lipinski definition) is 0. The van der Waals surface area contributed by atoms with Crippen molar-refractivity contribution >= 4 is 10.8 Å². The predicted molar refractivity (Wildman–Crippen MR) is 98.1 cm³/mol. The number of benzene rings is 2. The predicted octanol–water partition coefficient (Wildman–Crippen LogP) is 6.66. The summed E-state index contributed by atoms with van der Waals surface area (Å²) in [5.41, 5.74) is 3.55. The molecule has 4 rings (SSSR count). The van der Waals surface area contributed by atoms with Gasteiger partial charge in [0, 0.05) is 11.1 Å². The standard InChI is InChI=1S/C22H20O2/c1-22(2,3)19-14-17(21-7-5-11-24-21)12-15-8-9-16(13-18(15)19)20-6-4-10-23-20/h4-14H,1-3H3. The highest BCUT2D eigenvalue weighted by atomic mass is 16.3. The molecule has 0 unspecified atom stereocenters. The van der Waals surface area contributed by atoms with E-state index in [2.05, 4.69) is 51.1 Å². The molecule has 120 valence electrons. The van der Waals surface area contributed by atoms with Crippen molar-refractivity contribution in [2.45, 2.75) is 26.2 Å². The summed E-state index contributed by atoms with van der Waals surface area (Å²) in [5.74, 6) is 1.80. The number of furan rings is 2. The Morgan fingerprint density at radius 2 is 1.38 bits per heavy atom. The van der Waals surface area contributed by atoms with E-state index in [4.69, 9.17) is 8.83 Å². The van der Waals surface area contributed by atoms with E-state index in [0.717, 1.165) is 22.6 Å². The van der Waals surface area contributed by atoms with Crippen LogP contribution >= 0.6 is 0 Å². The molecule has 0 atom stereocenters. The van der Waals surface area contributed by atoms with Gasteiger partial charge in [0.2, 0.25) is 0 Å². The highest BCUT2D eigenvalue weighted by Gasteiger charge is 2.19. The van der Waals surface area contributed by atoms with Crippen LogP contribution in [0.4, 0.5) is 0 Å². The quantitative estimate of drug-likeness (QED) is 0.413. The third-order valence-corrected chi connectivity index (χ3v) is 4.37. The second-order valence-electron chi connectivity index (χ2n) is 7.16. The topological polar surface area (TPSA) is 26.3 Å². The minimum absolute atomic E-state index is 0.0304. The van der Waals surface area contributed by atoms with E-state index in [-0.39, 0.29) is 5.41 Å². The first-order valence-corrected chi connectivity index (χ1v) is 8.18. The highest BCUT2D eigenvalue weighted by Crippen LogP contribution is 2.36. The zero-order chi connectivity index (χ0) is 16.7. The lowest BCUT2D eigenvalue weighted by Crippen LogP contribution is -2.12. The highest BCUT2D eigenvalue weighted by molar-refractivity contribution is 5.93. The van der Waals surface area contributed by atoms with E-state index < -0.39 is 0 Å². The molecule has 2 heteroatoms. The van der Waals surface area contributed by atoms with Crippen LogP contribution in [0.15, 0.2) is 76.0 Å². The summed E-state index contributed by atoms with van der Waals surface area (Å²) >= 11 is 0. The molecule has 0 bridgehead atoms. The Labute approximate surface area is 141 Å². The van der Waals surface area contributed by atoms with Crippen molar-refractivity contribution in [1.82, 2.24) is 0 Å². The Morgan fingerprint density at radius 1 is 0.708 bits per heavy atom. The van der Waals surface area contributed by atoms with E-state index in [1.807, 2.05) is 24.3 Å². The van der Waals surface area contributed by atoms with Gasteiger partial charge in [-0.05, 0) is 64.2 Å². The Hall–Kier alpha value is -2.74. The fourth-order valence-corrected chi connectivity index (χ4v) is 3.16. The van der Waals surface area contributed by atoms with Gasteiger partial charge in [-0.3, -0.25) is 0 Å². The van der Waals surface area contributed by atoms with E-state index in [9.17, 15) is 0 Å². The first-order valence-electron chi connectivity index (χ1n) is 8.18. The molecule has 0 aliphatic carbocycles. The van der Waals surface area contributed by atoms with Gasteiger partial charge in [-0.2, -0.15) is 0 Å². The largest absolute Gasteiger partial charge is 0.464 e. The van der Waals surface area contributed by atoms with Crippen LogP contribution < -0.4 is 0 Å². The van der Waals surface area contributed by atoms with Gasteiger partial charge in [-0.25, -0.2) is 0 Å². The second kappa shape index (κ2) is 5.41. The first kappa shape index (κ1) is 14.8. The van der Waals surface area contributed by atoms with Crippen LogP contribution in [0, 0.1) is 0 Å². The summed E-state index contributed by atoms with van der Waals surface area (Å²) in [4.78, 5) is 0. The summed E-state index contributed by atoms with van der Waals surface area (Å²) in [5, 5.41) is 2.47. The lowest BCUT2D eigenvalue weighted by atomic mass is 9.82. The lowest BCUT2D eigenvalue weighted by molar-refractivity contribution is 0.579. The lowest BCUT2D eigenvalue weighted by Gasteiger charge is -2.23. The zero-order valence-corrected chi connectivity index (χ0v) is 14.2. The average Bonchev–Trinajstić information content (AvgIpc) is 3.25. The molecular weight excluding hydrogens is 296 g/mol. The third-order valence-electron chi connectivity index (χ3n) is 4.37. The maximum absolute atomic E-state index is 5.60. The second-order valence-corrected chi connectivity index (χ2v) is 7.16. The summed E-state index contributed by atoms with van der Waals surface area (Å²) in [6.07, 6.45) is 3.43. The van der Waals surface area contributed by atoms with Crippen molar-refractivity contribution in [1.29, 1.82) is 0 Å². The minimum Gasteiger partial charge on any atom is -0.464 e. The minimum atomic E-state index is 0.0304. The zero-order valence-electron chi connectivity index (χ0n) is 14.2. The molecule has 2 heterocycles. The van der Waals surface area contributed by atoms with Gasteiger partial charge in [0.05, 0.1) is 12.5 Å². The summed E-state index contributed by atoms with van der Waals surface area (Å²) in [6, 6.07) is 18.8. The van der Waals surface area contributed by atoms with Crippen LogP contribution in [0.1, 0.15) is 26.3 Å². The SMILES string of the molecule is CC(C)(C)c1cc(-c2ccco2)cc2ccc(-c3ccco3)cc12. The smallest absolute Gasteiger partial charge is 0.133 e. The van der Waals surface area contributed by atoms with Gasteiger partial charge >= 0.3 is 0 Å². The molecule has 0 spiro atoms. The fraction of sp³-hybridized carbons (Fsp3) is 0.182. The molecule has 2 nitrogen and oxygen atoms in total. The monoisotopic (exact) mass is 316 g/mol. The van der Waals surface area contributed by atoms with Crippen LogP contribution in [0.2, 0.25) is 0 Å². The summed E-state index contributed by atoms with van der Waals surface area (Å²) in [6.45, 7) is 6.73. The maximum atomic E-state index is 5.60. The molecule has 2 aromatic carbocycles. The van der Waals surface area contributed by atoms with Gasteiger partial charge < -0.3 is 8.83 Å². The Kier molecular flexibility index (Phi) is 3.34. The Morgan fingerprint density at radius 3 is 1.96 bits per heavy atom. The summed E-state index contributed by atoms with van der Waals surface area (Å²) < 4.78 is 11.2. The Bertz CT molecular complexity index is 969. The van der Waals surface area contributed by atoms with Crippen LogP contribution in [-0.2, 0) is 5.41 Å². The molecule has 0 N–H and O–H groups in total. The molecule has 2 aromatic heterocycles. The van der Waals surface area contributed by atoms with Gasteiger partial charge in [0.1, 0.15) is 11.5 Å². The van der Waals surface area contributed by atoms with Crippen molar-refractivity contribution in [3.05, 3.63) is 72.7 Å². The van der Waals surface area contributed by atoms with Crippen molar-refractivity contribution < 1.29 is 8.83 Å². The van der Waals surface area contributed by atoms with Crippen LogP contribution in [0.25, 0.3) is 33.4 Å². The molecule has 0 aliphatic rings. The summed E-state index contributed by atoms with van der Waals surface area (Å²) in [7, 11) is 0. The van der Waals surface area contributed by atoms with E-state index >= 15 is 0 Å². The molecule has 0 fully saturated rings. The van der Waals surface area contributed by atoms with Gasteiger partial charge in [0.15, 0.2) is 0 Å². The first-order chi connectivity index (χ1) is 11.5. The van der Waals surface area contributed by atoms with E-state index in [1.54, 1.807) is 12.5 Å². The number of hydrogen-bond acceptors (Lipinski definition) is 2. The fourth-order valence-electron chi connectivity index (χ4n) is 3.16. The molecule has 24 heavy (non-hydrogen) atoms. The molecule has 0 radical (unpaired) electrons. The molecule has 0 saturated heterocycles. The number of rotatable bonds is 2. The van der Waals surface area contributed by atoms with Gasteiger partial charge in [-0.1, -0.05) is 32.9 Å². The molecule has 0 aliphatic heterocycles. The molecule has 0 saturated carbocycles. The van der Waals surface area contributed by atoms with Crippen molar-refractivity contribution in [3.8, 4) is 22.6 Å². The van der Waals surface area contributed by atoms with Crippen LogP contribution in [0.3, 0.4) is 0 Å². The maximum Gasteiger partial charge on any atom is 0.133 e. The van der Waals surface area contributed by atoms with Gasteiger partial charge in [0.25, 0.3) is 0 Å².